The number of aromatic amines is 2. The van der Waals surface area contributed by atoms with E-state index in [1.807, 2.05) is 24.3 Å². The summed E-state index contributed by atoms with van der Waals surface area (Å²) in [4.78, 5) is 70.7. The number of nitrogens with zero attached hydrogens (tertiary/aromatic N) is 1. The van der Waals surface area contributed by atoms with Crippen LogP contribution in [0.5, 0.6) is 0 Å². The van der Waals surface area contributed by atoms with Gasteiger partial charge in [-0.05, 0) is 25.0 Å². The number of fused-ring (bicyclic) bond motifs is 1. The van der Waals surface area contributed by atoms with E-state index in [2.05, 4.69) is 30.9 Å². The van der Waals surface area contributed by atoms with Gasteiger partial charge in [0.05, 0.1) is 18.8 Å². The minimum atomic E-state index is -1.55. The zero-order valence-electron chi connectivity index (χ0n) is 20.6. The Morgan fingerprint density at radius 1 is 0.974 bits per heavy atom. The average molecular weight is 527 g/mol. The number of benzene rings is 1. The van der Waals surface area contributed by atoms with Crippen molar-refractivity contribution in [3.63, 3.8) is 0 Å². The molecule has 2 heterocycles. The number of hydrogen-bond acceptors (Lipinski definition) is 7. The summed E-state index contributed by atoms with van der Waals surface area (Å²) in [5.74, 6) is -4.52. The lowest BCUT2D eigenvalue weighted by Crippen LogP contribution is -2.57. The molecule has 38 heavy (non-hydrogen) atoms. The van der Waals surface area contributed by atoms with E-state index in [0.717, 1.165) is 16.5 Å². The first kappa shape index (κ1) is 27.9. The van der Waals surface area contributed by atoms with Crippen LogP contribution in [-0.4, -0.2) is 73.8 Å². The SMILES string of the molecule is CC(NC(=O)C(Cc1cnc[nH]1)NC(=O)C(N)Cc1c[nH]c2ccccc12)C(=O)NC(CC(N)=O)C(=O)O. The second-order valence-electron chi connectivity index (χ2n) is 8.81. The number of carboxylic acid groups (broad SMARTS) is 1. The Bertz CT molecular complexity index is 1300. The molecule has 0 aliphatic rings. The Kier molecular flexibility index (Phi) is 9.16. The number of carbonyl (C=O) groups excluding carboxylic acids is 4. The molecule has 14 nitrogen and oxygen atoms in total. The van der Waals surface area contributed by atoms with Crippen molar-refractivity contribution in [1.29, 1.82) is 0 Å². The van der Waals surface area contributed by atoms with Crippen LogP contribution in [0, 0.1) is 0 Å². The molecule has 0 aliphatic carbocycles. The van der Waals surface area contributed by atoms with Crippen LogP contribution in [-0.2, 0) is 36.8 Å². The number of primary amides is 1. The summed E-state index contributed by atoms with van der Waals surface area (Å²) in [6.07, 6.45) is 4.28. The molecule has 0 aliphatic heterocycles. The van der Waals surface area contributed by atoms with Crippen molar-refractivity contribution >= 4 is 40.5 Å². The van der Waals surface area contributed by atoms with Crippen LogP contribution in [0.1, 0.15) is 24.6 Å². The van der Waals surface area contributed by atoms with Gasteiger partial charge in [-0.15, -0.1) is 0 Å². The highest BCUT2D eigenvalue weighted by molar-refractivity contribution is 5.95. The molecule has 3 rings (SSSR count). The van der Waals surface area contributed by atoms with E-state index in [1.54, 1.807) is 6.20 Å². The number of para-hydroxylation sites is 1. The standard InChI is InChI=1S/C24H30N8O6/c1-12(21(34)32-19(24(37)38)8-20(26)33)30-23(36)18(7-14-10-27-11-29-14)31-22(35)16(25)6-13-9-28-17-5-3-2-4-15(13)17/h2-5,9-12,16,18-19,28H,6-8,25H2,1H3,(H2,26,33)(H,27,29)(H,30,36)(H,31,35)(H,32,34)(H,37,38). The fourth-order valence-corrected chi connectivity index (χ4v) is 3.81. The van der Waals surface area contributed by atoms with Crippen molar-refractivity contribution in [3.8, 4) is 0 Å². The zero-order valence-corrected chi connectivity index (χ0v) is 20.6. The smallest absolute Gasteiger partial charge is 0.326 e. The van der Waals surface area contributed by atoms with E-state index in [-0.39, 0.29) is 12.8 Å². The molecule has 4 amide bonds. The first-order valence-electron chi connectivity index (χ1n) is 11.7. The third-order valence-corrected chi connectivity index (χ3v) is 5.84. The third kappa shape index (κ3) is 7.39. The first-order chi connectivity index (χ1) is 18.0. The summed E-state index contributed by atoms with van der Waals surface area (Å²) in [5.41, 5.74) is 13.5. The van der Waals surface area contributed by atoms with Gasteiger partial charge in [-0.2, -0.15) is 0 Å². The highest BCUT2D eigenvalue weighted by Gasteiger charge is 2.29. The van der Waals surface area contributed by atoms with Crippen molar-refractivity contribution < 1.29 is 29.1 Å². The number of rotatable bonds is 13. The molecule has 10 N–H and O–H groups in total. The number of aromatic nitrogens is 3. The molecule has 3 aromatic rings. The second kappa shape index (κ2) is 12.5. The molecule has 0 fully saturated rings. The number of imidazole rings is 1. The largest absolute Gasteiger partial charge is 0.480 e. The summed E-state index contributed by atoms with van der Waals surface area (Å²) >= 11 is 0. The molecule has 0 radical (unpaired) electrons. The summed E-state index contributed by atoms with van der Waals surface area (Å²) in [6, 6.07) is 2.71. The molecule has 0 spiro atoms. The van der Waals surface area contributed by atoms with Crippen molar-refractivity contribution in [2.24, 2.45) is 11.5 Å². The van der Waals surface area contributed by atoms with Crippen LogP contribution in [0.15, 0.2) is 43.0 Å². The Morgan fingerprint density at radius 2 is 1.68 bits per heavy atom. The Morgan fingerprint density at radius 3 is 2.34 bits per heavy atom. The van der Waals surface area contributed by atoms with Gasteiger partial charge in [0.2, 0.25) is 23.6 Å². The maximum absolute atomic E-state index is 13.1. The summed E-state index contributed by atoms with van der Waals surface area (Å²) < 4.78 is 0. The average Bonchev–Trinajstić information content (AvgIpc) is 3.52. The van der Waals surface area contributed by atoms with Crippen molar-refractivity contribution in [2.75, 3.05) is 0 Å². The predicted molar refractivity (Wildman–Crippen MR) is 135 cm³/mol. The Balaban J connectivity index is 1.66. The van der Waals surface area contributed by atoms with Gasteiger partial charge in [0.15, 0.2) is 0 Å². The summed E-state index contributed by atoms with van der Waals surface area (Å²) in [5, 5.41) is 17.3. The number of carbonyl (C=O) groups is 5. The van der Waals surface area contributed by atoms with E-state index in [1.165, 1.54) is 19.4 Å². The predicted octanol–water partition coefficient (Wildman–Crippen LogP) is -1.56. The number of hydrogen-bond donors (Lipinski definition) is 8. The van der Waals surface area contributed by atoms with E-state index >= 15 is 0 Å². The Labute approximate surface area is 216 Å². The highest BCUT2D eigenvalue weighted by atomic mass is 16.4. The normalized spacial score (nSPS) is 14.2. The van der Waals surface area contributed by atoms with Crippen LogP contribution in [0.4, 0.5) is 0 Å². The lowest BCUT2D eigenvalue weighted by Gasteiger charge is -2.23. The Hall–Kier alpha value is -4.72. The molecule has 4 atom stereocenters. The molecule has 0 saturated heterocycles. The van der Waals surface area contributed by atoms with Crippen molar-refractivity contribution in [1.82, 2.24) is 30.9 Å². The number of nitrogens with one attached hydrogen (secondary N) is 5. The second-order valence-corrected chi connectivity index (χ2v) is 8.81. The lowest BCUT2D eigenvalue weighted by molar-refractivity contribution is -0.143. The van der Waals surface area contributed by atoms with E-state index in [4.69, 9.17) is 11.5 Å². The van der Waals surface area contributed by atoms with Crippen LogP contribution >= 0.6 is 0 Å². The number of H-pyrrole nitrogens is 2. The van der Waals surface area contributed by atoms with Crippen LogP contribution in [0.3, 0.4) is 0 Å². The quantitative estimate of drug-likeness (QED) is 0.129. The molecule has 0 saturated carbocycles. The van der Waals surface area contributed by atoms with Gasteiger partial charge in [-0.1, -0.05) is 18.2 Å². The van der Waals surface area contributed by atoms with E-state index in [0.29, 0.717) is 5.69 Å². The summed E-state index contributed by atoms with van der Waals surface area (Å²) in [7, 11) is 0. The maximum atomic E-state index is 13.1. The first-order valence-corrected chi connectivity index (χ1v) is 11.7. The number of aliphatic carboxylic acids is 1. The van der Waals surface area contributed by atoms with E-state index in [9.17, 15) is 29.1 Å². The van der Waals surface area contributed by atoms with Gasteiger partial charge < -0.3 is 42.5 Å². The van der Waals surface area contributed by atoms with Gasteiger partial charge >= 0.3 is 5.97 Å². The van der Waals surface area contributed by atoms with Crippen LogP contribution in [0.25, 0.3) is 10.9 Å². The van der Waals surface area contributed by atoms with Crippen molar-refractivity contribution in [3.05, 3.63) is 54.2 Å². The molecule has 4 unspecified atom stereocenters. The maximum Gasteiger partial charge on any atom is 0.326 e. The molecule has 14 heteroatoms. The summed E-state index contributed by atoms with van der Waals surface area (Å²) in [6.45, 7) is 1.33. The molecule has 1 aromatic carbocycles. The van der Waals surface area contributed by atoms with Crippen LogP contribution in [0.2, 0.25) is 0 Å². The minimum Gasteiger partial charge on any atom is -0.480 e. The number of carboxylic acids is 1. The fourth-order valence-electron chi connectivity index (χ4n) is 3.81. The topological polar surface area (TPSA) is 238 Å². The van der Waals surface area contributed by atoms with Crippen molar-refractivity contribution in [2.45, 2.75) is 50.4 Å². The van der Waals surface area contributed by atoms with Gasteiger partial charge in [-0.3, -0.25) is 19.2 Å². The minimum absolute atomic E-state index is 0.0190. The van der Waals surface area contributed by atoms with Crippen LogP contribution < -0.4 is 27.4 Å². The molecule has 202 valence electrons. The third-order valence-electron chi connectivity index (χ3n) is 5.84. The number of amides is 4. The number of nitrogens with two attached hydrogens (primary N) is 2. The molecular weight excluding hydrogens is 496 g/mol. The van der Waals surface area contributed by atoms with E-state index < -0.39 is 60.2 Å². The molecular formula is C24H30N8O6. The lowest BCUT2D eigenvalue weighted by atomic mass is 10.0. The monoisotopic (exact) mass is 526 g/mol. The van der Waals surface area contributed by atoms with Gasteiger partial charge in [0.1, 0.15) is 18.1 Å². The highest BCUT2D eigenvalue weighted by Crippen LogP contribution is 2.18. The van der Waals surface area contributed by atoms with Gasteiger partial charge in [-0.25, -0.2) is 9.78 Å². The molecule has 0 bridgehead atoms. The van der Waals surface area contributed by atoms with Gasteiger partial charge in [0.25, 0.3) is 0 Å². The molecule has 2 aromatic heterocycles. The zero-order chi connectivity index (χ0) is 27.8. The van der Waals surface area contributed by atoms with Gasteiger partial charge in [0, 0.05) is 35.4 Å². The fraction of sp³-hybridized carbons (Fsp3) is 0.333.